The maximum Gasteiger partial charge on any atom is 0.140 e. The molecule has 0 aliphatic heterocycles. The van der Waals surface area contributed by atoms with Gasteiger partial charge in [-0.3, -0.25) is 4.68 Å². The van der Waals surface area contributed by atoms with Crippen LogP contribution in [-0.4, -0.2) is 21.9 Å². The van der Waals surface area contributed by atoms with Gasteiger partial charge in [-0.2, -0.15) is 5.10 Å². The van der Waals surface area contributed by atoms with E-state index < -0.39 is 0 Å². The fraction of sp³-hybridized carbons (Fsp3) is 0.294. The third-order valence-corrected chi connectivity index (χ3v) is 3.57. The predicted molar refractivity (Wildman–Crippen MR) is 90.7 cm³/mol. The summed E-state index contributed by atoms with van der Waals surface area (Å²) in [6.45, 7) is 6.63. The molecule has 0 aliphatic carbocycles. The third kappa shape index (κ3) is 3.22. The summed E-state index contributed by atoms with van der Waals surface area (Å²) >= 11 is 6.14. The van der Waals surface area contributed by atoms with Gasteiger partial charge in [0.1, 0.15) is 10.9 Å². The van der Waals surface area contributed by atoms with Crippen molar-refractivity contribution in [3.8, 4) is 5.75 Å². The fourth-order valence-corrected chi connectivity index (χ4v) is 2.58. The van der Waals surface area contributed by atoms with Gasteiger partial charge in [-0.05, 0) is 30.7 Å². The molecule has 0 radical (unpaired) electrons. The summed E-state index contributed by atoms with van der Waals surface area (Å²) in [7, 11) is 1.66. The molecule has 22 heavy (non-hydrogen) atoms. The summed E-state index contributed by atoms with van der Waals surface area (Å²) in [5, 5.41) is 5.97. The largest absolute Gasteiger partial charge is 0.497 e. The Morgan fingerprint density at radius 3 is 2.45 bits per heavy atom. The van der Waals surface area contributed by atoms with Gasteiger partial charge in [0, 0.05) is 6.20 Å². The highest BCUT2D eigenvalue weighted by atomic mass is 35.5. The fourth-order valence-electron chi connectivity index (χ4n) is 2.29. The number of aromatic nitrogens is 3. The monoisotopic (exact) mass is 317 g/mol. The number of rotatable bonds is 3. The summed E-state index contributed by atoms with van der Waals surface area (Å²) in [6.07, 6.45) is 1.70. The van der Waals surface area contributed by atoms with Crippen LogP contribution in [0.5, 0.6) is 5.75 Å². The molecule has 0 aliphatic rings. The molecule has 2 heterocycles. The summed E-state index contributed by atoms with van der Waals surface area (Å²) in [5.41, 5.74) is 3.05. The van der Waals surface area contributed by atoms with Gasteiger partial charge in [-0.1, -0.05) is 37.6 Å². The van der Waals surface area contributed by atoms with Gasteiger partial charge in [-0.15, -0.1) is 0 Å². The molecule has 0 N–H and O–H groups in total. The Bertz CT molecular complexity index is 750. The molecule has 5 heteroatoms. The van der Waals surface area contributed by atoms with E-state index in [0.29, 0.717) is 11.7 Å². The lowest BCUT2D eigenvalue weighted by Gasteiger charge is -2.05. The minimum Gasteiger partial charge on any atom is -0.497 e. The zero-order valence-electron chi connectivity index (χ0n) is 13.3. The zero-order valence-corrected chi connectivity index (χ0v) is 14.1. The number of ether oxygens (including phenoxy) is 1. The number of benzene rings is 1. The molecule has 0 fully saturated rings. The van der Waals surface area contributed by atoms with Crippen LogP contribution in [0, 0.1) is 6.92 Å². The molecule has 0 spiro atoms. The molecule has 3 aromatic rings. The maximum atomic E-state index is 6.14. The minimum atomic E-state index is 0.501. The molecule has 3 rings (SSSR count). The molecule has 0 saturated heterocycles. The minimum absolute atomic E-state index is 0.501. The normalized spacial score (nSPS) is 10.2. The van der Waals surface area contributed by atoms with E-state index in [4.69, 9.17) is 16.3 Å². The number of nitrogens with zero attached hydrogens (tertiary/aromatic N) is 3. The first-order valence-corrected chi connectivity index (χ1v) is 7.67. The molecule has 0 unspecified atom stereocenters. The van der Waals surface area contributed by atoms with Gasteiger partial charge in [0.05, 0.1) is 30.3 Å². The Labute approximate surface area is 135 Å². The van der Waals surface area contributed by atoms with Crippen molar-refractivity contribution < 1.29 is 4.74 Å². The van der Waals surface area contributed by atoms with Crippen molar-refractivity contribution in [2.24, 2.45) is 0 Å². The number of pyridine rings is 1. The molecule has 2 aromatic heterocycles. The summed E-state index contributed by atoms with van der Waals surface area (Å²) in [4.78, 5) is 4.11. The second-order valence-electron chi connectivity index (χ2n) is 4.59. The lowest BCUT2D eigenvalue weighted by molar-refractivity contribution is 0.414. The number of aryl methyl sites for hydroxylation is 1. The molecule has 116 valence electrons. The van der Waals surface area contributed by atoms with Crippen LogP contribution < -0.4 is 4.74 Å². The van der Waals surface area contributed by atoms with Crippen molar-refractivity contribution in [2.45, 2.75) is 27.3 Å². The van der Waals surface area contributed by atoms with Crippen LogP contribution in [0.4, 0.5) is 0 Å². The van der Waals surface area contributed by atoms with Gasteiger partial charge < -0.3 is 4.74 Å². The van der Waals surface area contributed by atoms with E-state index in [1.807, 2.05) is 55.8 Å². The van der Waals surface area contributed by atoms with Gasteiger partial charge in [0.15, 0.2) is 0 Å². The standard InChI is InChI=1S/C15H14ClN3O.C2H6/c1-10-14-13(7-8-17-15(14)16)19(18-10)9-11-3-5-12(20-2)6-4-11;1-2/h3-8H,9H2,1-2H3;1-2H3. The molecule has 0 bridgehead atoms. The Hall–Kier alpha value is -2.07. The Balaban J connectivity index is 0.000000847. The Morgan fingerprint density at radius 2 is 1.82 bits per heavy atom. The van der Waals surface area contributed by atoms with Crippen molar-refractivity contribution in [1.82, 2.24) is 14.8 Å². The summed E-state index contributed by atoms with van der Waals surface area (Å²) in [6, 6.07) is 9.89. The first-order valence-electron chi connectivity index (χ1n) is 7.29. The number of halogens is 1. The molecular formula is C17H20ClN3O. The highest BCUT2D eigenvalue weighted by molar-refractivity contribution is 6.34. The van der Waals surface area contributed by atoms with E-state index in [-0.39, 0.29) is 0 Å². The molecule has 0 amide bonds. The number of fused-ring (bicyclic) bond motifs is 1. The molecule has 4 nitrogen and oxygen atoms in total. The van der Waals surface area contributed by atoms with E-state index in [2.05, 4.69) is 10.1 Å². The Morgan fingerprint density at radius 1 is 1.14 bits per heavy atom. The van der Waals surface area contributed by atoms with Crippen molar-refractivity contribution in [3.63, 3.8) is 0 Å². The van der Waals surface area contributed by atoms with Crippen LogP contribution in [0.2, 0.25) is 5.15 Å². The highest BCUT2D eigenvalue weighted by Crippen LogP contribution is 2.25. The lowest BCUT2D eigenvalue weighted by Crippen LogP contribution is -2.01. The van der Waals surface area contributed by atoms with Crippen LogP contribution in [0.3, 0.4) is 0 Å². The second kappa shape index (κ2) is 7.27. The van der Waals surface area contributed by atoms with E-state index in [0.717, 1.165) is 27.9 Å². The summed E-state index contributed by atoms with van der Waals surface area (Å²) < 4.78 is 7.11. The van der Waals surface area contributed by atoms with Crippen LogP contribution in [-0.2, 0) is 6.54 Å². The average Bonchev–Trinajstić information content (AvgIpc) is 2.87. The SMILES string of the molecule is CC.COc1ccc(Cn2nc(C)c3c(Cl)nccc32)cc1. The molecular weight excluding hydrogens is 298 g/mol. The topological polar surface area (TPSA) is 39.9 Å². The van der Waals surface area contributed by atoms with E-state index in [1.54, 1.807) is 13.3 Å². The first-order chi connectivity index (χ1) is 10.7. The van der Waals surface area contributed by atoms with Crippen LogP contribution in [0.1, 0.15) is 25.1 Å². The first kappa shape index (κ1) is 16.3. The molecule has 1 aromatic carbocycles. The van der Waals surface area contributed by atoms with Crippen molar-refractivity contribution in [3.05, 3.63) is 52.9 Å². The second-order valence-corrected chi connectivity index (χ2v) is 4.95. The van der Waals surface area contributed by atoms with E-state index in [9.17, 15) is 0 Å². The van der Waals surface area contributed by atoms with Crippen LogP contribution in [0.15, 0.2) is 36.5 Å². The van der Waals surface area contributed by atoms with Gasteiger partial charge >= 0.3 is 0 Å². The van der Waals surface area contributed by atoms with Gasteiger partial charge in [-0.25, -0.2) is 4.98 Å². The average molecular weight is 318 g/mol. The maximum absolute atomic E-state index is 6.14. The third-order valence-electron chi connectivity index (χ3n) is 3.28. The lowest BCUT2D eigenvalue weighted by atomic mass is 10.2. The van der Waals surface area contributed by atoms with E-state index in [1.165, 1.54) is 0 Å². The van der Waals surface area contributed by atoms with Crippen molar-refractivity contribution in [1.29, 1.82) is 0 Å². The number of methoxy groups -OCH3 is 1. The number of hydrogen-bond donors (Lipinski definition) is 0. The van der Waals surface area contributed by atoms with Crippen molar-refractivity contribution in [2.75, 3.05) is 7.11 Å². The summed E-state index contributed by atoms with van der Waals surface area (Å²) in [5.74, 6) is 0.850. The van der Waals surface area contributed by atoms with E-state index >= 15 is 0 Å². The van der Waals surface area contributed by atoms with Crippen molar-refractivity contribution >= 4 is 22.5 Å². The van der Waals surface area contributed by atoms with Gasteiger partial charge in [0.2, 0.25) is 0 Å². The van der Waals surface area contributed by atoms with Gasteiger partial charge in [0.25, 0.3) is 0 Å². The molecule has 0 saturated carbocycles. The Kier molecular flexibility index (Phi) is 5.39. The quantitative estimate of drug-likeness (QED) is 0.669. The zero-order chi connectivity index (χ0) is 16.1. The van der Waals surface area contributed by atoms with Crippen LogP contribution in [0.25, 0.3) is 10.9 Å². The predicted octanol–water partition coefficient (Wildman–Crippen LogP) is 4.48. The van der Waals surface area contributed by atoms with Crippen LogP contribution >= 0.6 is 11.6 Å². The number of hydrogen-bond acceptors (Lipinski definition) is 3. The smallest absolute Gasteiger partial charge is 0.140 e. The highest BCUT2D eigenvalue weighted by Gasteiger charge is 2.11. The molecule has 0 atom stereocenters.